The molecule has 1 heterocycles. The van der Waals surface area contributed by atoms with Crippen LogP contribution in [0.1, 0.15) is 18.6 Å². The highest BCUT2D eigenvalue weighted by molar-refractivity contribution is 9.10. The highest BCUT2D eigenvalue weighted by atomic mass is 79.9. The monoisotopic (exact) mass is 315 g/mol. The third-order valence-electron chi connectivity index (χ3n) is 3.20. The number of rotatable bonds is 3. The molecule has 1 saturated heterocycles. The first-order valence-electron chi connectivity index (χ1n) is 6.06. The molecule has 1 aromatic rings. The van der Waals surface area contributed by atoms with Crippen molar-refractivity contribution in [3.63, 3.8) is 0 Å². The summed E-state index contributed by atoms with van der Waals surface area (Å²) in [4.78, 5) is 2.14. The first kappa shape index (κ1) is 13.8. The fourth-order valence-corrected chi connectivity index (χ4v) is 2.88. The van der Waals surface area contributed by atoms with E-state index in [0.717, 1.165) is 22.3 Å². The van der Waals surface area contributed by atoms with Crippen molar-refractivity contribution in [3.05, 3.63) is 28.2 Å². The van der Waals surface area contributed by atoms with Crippen molar-refractivity contribution in [2.75, 3.05) is 31.3 Å². The van der Waals surface area contributed by atoms with Crippen molar-refractivity contribution < 1.29 is 14.9 Å². The first-order valence-corrected chi connectivity index (χ1v) is 6.85. The topological polar surface area (TPSA) is 52.9 Å². The zero-order chi connectivity index (χ0) is 13.1. The highest BCUT2D eigenvalue weighted by Gasteiger charge is 2.23. The van der Waals surface area contributed by atoms with Gasteiger partial charge in [0.05, 0.1) is 32.0 Å². The molecule has 1 fully saturated rings. The SMILES string of the molecule is C[C@@H](O)c1ccc(N2CCOCC2CO)cc1Br. The molecular formula is C13H18BrNO3. The molecule has 1 aromatic carbocycles. The Bertz CT molecular complexity index is 411. The molecule has 0 bridgehead atoms. The smallest absolute Gasteiger partial charge is 0.0772 e. The van der Waals surface area contributed by atoms with Gasteiger partial charge in [-0.1, -0.05) is 22.0 Å². The third kappa shape index (κ3) is 2.85. The van der Waals surface area contributed by atoms with E-state index in [4.69, 9.17) is 4.74 Å². The Morgan fingerprint density at radius 3 is 2.94 bits per heavy atom. The number of nitrogens with zero attached hydrogens (tertiary/aromatic N) is 1. The van der Waals surface area contributed by atoms with E-state index in [-0.39, 0.29) is 12.6 Å². The summed E-state index contributed by atoms with van der Waals surface area (Å²) in [5, 5.41) is 19.0. The van der Waals surface area contributed by atoms with E-state index >= 15 is 0 Å². The van der Waals surface area contributed by atoms with Gasteiger partial charge in [0.25, 0.3) is 0 Å². The van der Waals surface area contributed by atoms with Crippen LogP contribution in [0.2, 0.25) is 0 Å². The minimum atomic E-state index is -0.494. The molecule has 0 spiro atoms. The summed E-state index contributed by atoms with van der Waals surface area (Å²) in [5.74, 6) is 0. The molecule has 100 valence electrons. The minimum absolute atomic E-state index is 0.00282. The molecule has 0 aromatic heterocycles. The highest BCUT2D eigenvalue weighted by Crippen LogP contribution is 2.29. The largest absolute Gasteiger partial charge is 0.394 e. The molecule has 1 aliphatic rings. The number of morpholine rings is 1. The average molecular weight is 316 g/mol. The molecule has 2 N–H and O–H groups in total. The molecule has 4 nitrogen and oxygen atoms in total. The van der Waals surface area contributed by atoms with Crippen LogP contribution in [0.15, 0.2) is 22.7 Å². The van der Waals surface area contributed by atoms with Gasteiger partial charge >= 0.3 is 0 Å². The van der Waals surface area contributed by atoms with E-state index in [1.165, 1.54) is 0 Å². The van der Waals surface area contributed by atoms with Crippen molar-refractivity contribution in [2.45, 2.75) is 19.1 Å². The summed E-state index contributed by atoms with van der Waals surface area (Å²) in [6, 6.07) is 5.87. The molecule has 0 radical (unpaired) electrons. The minimum Gasteiger partial charge on any atom is -0.394 e. The number of halogens is 1. The lowest BCUT2D eigenvalue weighted by molar-refractivity contribution is 0.0727. The molecule has 0 saturated carbocycles. The molecule has 0 aliphatic carbocycles. The number of anilines is 1. The van der Waals surface area contributed by atoms with Gasteiger partial charge in [-0.3, -0.25) is 0 Å². The first-order chi connectivity index (χ1) is 8.63. The zero-order valence-electron chi connectivity index (χ0n) is 10.3. The van der Waals surface area contributed by atoms with E-state index in [1.54, 1.807) is 6.92 Å². The Morgan fingerprint density at radius 2 is 2.33 bits per heavy atom. The Kier molecular flexibility index (Phi) is 4.61. The summed E-state index contributed by atoms with van der Waals surface area (Å²) < 4.78 is 6.25. The van der Waals surface area contributed by atoms with Crippen molar-refractivity contribution in [2.24, 2.45) is 0 Å². The van der Waals surface area contributed by atoms with E-state index in [2.05, 4.69) is 20.8 Å². The molecule has 2 rings (SSSR count). The molecule has 2 atom stereocenters. The van der Waals surface area contributed by atoms with E-state index in [9.17, 15) is 10.2 Å². The Morgan fingerprint density at radius 1 is 1.56 bits per heavy atom. The number of ether oxygens (including phenoxy) is 1. The summed E-state index contributed by atoms with van der Waals surface area (Å²) in [7, 11) is 0. The van der Waals surface area contributed by atoms with Gasteiger partial charge < -0.3 is 19.8 Å². The van der Waals surface area contributed by atoms with Crippen LogP contribution < -0.4 is 4.90 Å². The average Bonchev–Trinajstić information content (AvgIpc) is 2.38. The van der Waals surface area contributed by atoms with Gasteiger partial charge in [-0.15, -0.1) is 0 Å². The van der Waals surface area contributed by atoms with E-state index in [1.807, 2.05) is 18.2 Å². The Balaban J connectivity index is 2.24. The normalized spacial score (nSPS) is 22.0. The number of hydrogen-bond acceptors (Lipinski definition) is 4. The molecule has 0 amide bonds. The standard InChI is InChI=1S/C13H18BrNO3/c1-9(17)12-3-2-10(6-13(12)14)15-4-5-18-8-11(15)7-16/h2-3,6,9,11,16-17H,4-5,7-8H2,1H3/t9-,11?/m1/s1. The lowest BCUT2D eigenvalue weighted by Gasteiger charge is -2.36. The Hall–Kier alpha value is -0.620. The summed E-state index contributed by atoms with van der Waals surface area (Å²) in [6.07, 6.45) is -0.494. The van der Waals surface area contributed by atoms with Crippen molar-refractivity contribution in [1.29, 1.82) is 0 Å². The van der Waals surface area contributed by atoms with Gasteiger partial charge in [0, 0.05) is 16.7 Å². The van der Waals surface area contributed by atoms with Gasteiger partial charge in [-0.25, -0.2) is 0 Å². The molecule has 1 aliphatic heterocycles. The number of benzene rings is 1. The zero-order valence-corrected chi connectivity index (χ0v) is 11.9. The lowest BCUT2D eigenvalue weighted by Crippen LogP contribution is -2.47. The summed E-state index contributed by atoms with van der Waals surface area (Å²) >= 11 is 3.48. The second kappa shape index (κ2) is 6.02. The lowest BCUT2D eigenvalue weighted by atomic mass is 10.1. The van der Waals surface area contributed by atoms with Crippen LogP contribution in [0.25, 0.3) is 0 Å². The number of hydrogen-bond donors (Lipinski definition) is 2. The van der Waals surface area contributed by atoms with Gasteiger partial charge in [0.2, 0.25) is 0 Å². The van der Waals surface area contributed by atoms with Crippen LogP contribution >= 0.6 is 15.9 Å². The fourth-order valence-electron chi connectivity index (χ4n) is 2.18. The molecule has 18 heavy (non-hydrogen) atoms. The predicted octanol–water partition coefficient (Wildman–Crippen LogP) is 1.70. The number of aliphatic hydroxyl groups excluding tert-OH is 2. The third-order valence-corrected chi connectivity index (χ3v) is 3.89. The van der Waals surface area contributed by atoms with Crippen molar-refractivity contribution in [3.8, 4) is 0 Å². The summed E-state index contributed by atoms with van der Waals surface area (Å²) in [6.45, 7) is 3.81. The quantitative estimate of drug-likeness (QED) is 0.891. The molecular weight excluding hydrogens is 298 g/mol. The van der Waals surface area contributed by atoms with Gasteiger partial charge in [-0.05, 0) is 24.6 Å². The van der Waals surface area contributed by atoms with Crippen LogP contribution in [0.3, 0.4) is 0 Å². The van der Waals surface area contributed by atoms with Gasteiger partial charge in [0.1, 0.15) is 0 Å². The maximum Gasteiger partial charge on any atom is 0.0772 e. The Labute approximate surface area is 115 Å². The fraction of sp³-hybridized carbons (Fsp3) is 0.538. The second-order valence-electron chi connectivity index (χ2n) is 4.49. The van der Waals surface area contributed by atoms with Crippen molar-refractivity contribution >= 4 is 21.6 Å². The maximum absolute atomic E-state index is 9.60. The van der Waals surface area contributed by atoms with Crippen molar-refractivity contribution in [1.82, 2.24) is 0 Å². The summed E-state index contributed by atoms with van der Waals surface area (Å²) in [5.41, 5.74) is 1.90. The van der Waals surface area contributed by atoms with Crippen LogP contribution in [0, 0.1) is 0 Å². The predicted molar refractivity (Wildman–Crippen MR) is 73.8 cm³/mol. The maximum atomic E-state index is 9.60. The number of aliphatic hydroxyl groups is 2. The second-order valence-corrected chi connectivity index (χ2v) is 5.34. The van der Waals surface area contributed by atoms with Gasteiger partial charge in [0.15, 0.2) is 0 Å². The van der Waals surface area contributed by atoms with Crippen LogP contribution in [-0.4, -0.2) is 42.6 Å². The van der Waals surface area contributed by atoms with E-state index in [0.29, 0.717) is 13.2 Å². The van der Waals surface area contributed by atoms with Crippen LogP contribution in [-0.2, 0) is 4.74 Å². The van der Waals surface area contributed by atoms with Crippen LogP contribution in [0.5, 0.6) is 0 Å². The van der Waals surface area contributed by atoms with E-state index < -0.39 is 6.10 Å². The molecule has 1 unspecified atom stereocenters. The van der Waals surface area contributed by atoms with Gasteiger partial charge in [-0.2, -0.15) is 0 Å². The molecule has 5 heteroatoms. The van der Waals surface area contributed by atoms with Crippen LogP contribution in [0.4, 0.5) is 5.69 Å².